The van der Waals surface area contributed by atoms with Crippen molar-refractivity contribution in [1.29, 1.82) is 0 Å². The number of pyridine rings is 1. The number of aromatic amines is 1. The van der Waals surface area contributed by atoms with Crippen LogP contribution in [0.4, 0.5) is 4.39 Å². The van der Waals surface area contributed by atoms with Gasteiger partial charge in [-0.3, -0.25) is 9.78 Å². The van der Waals surface area contributed by atoms with Crippen LogP contribution in [0.5, 0.6) is 0 Å². The maximum Gasteiger partial charge on any atom is 0.434 e. The van der Waals surface area contributed by atoms with Crippen molar-refractivity contribution in [1.82, 2.24) is 20.1 Å². The molecule has 0 saturated heterocycles. The molecule has 0 unspecified atom stereocenters. The van der Waals surface area contributed by atoms with Crippen molar-refractivity contribution in [2.24, 2.45) is 0 Å². The molecule has 2 heterocycles. The summed E-state index contributed by atoms with van der Waals surface area (Å²) in [5.74, 6) is 4.01. The van der Waals surface area contributed by atoms with Crippen LogP contribution in [0.15, 0.2) is 56.8 Å². The third-order valence-electron chi connectivity index (χ3n) is 3.61. The second kappa shape index (κ2) is 9.91. The molecule has 1 aromatic carbocycles. The number of aromatic nitrogens is 3. The Hall–Kier alpha value is -3.09. The molecule has 3 rings (SSSR count). The molecule has 3 aromatic rings. The van der Waals surface area contributed by atoms with Crippen molar-refractivity contribution in [2.45, 2.75) is 11.4 Å². The number of halogens is 2. The van der Waals surface area contributed by atoms with E-state index in [0.717, 1.165) is 11.1 Å². The fourth-order valence-corrected chi connectivity index (χ4v) is 3.36. The molecule has 29 heavy (non-hydrogen) atoms. The number of carbonyl (C=O) groups is 1. The first-order chi connectivity index (χ1) is 14.0. The van der Waals surface area contributed by atoms with Crippen molar-refractivity contribution < 1.29 is 13.6 Å². The topological polar surface area (TPSA) is 92.1 Å². The zero-order valence-electron chi connectivity index (χ0n) is 14.9. The van der Waals surface area contributed by atoms with Crippen LogP contribution in [0.1, 0.15) is 11.5 Å². The summed E-state index contributed by atoms with van der Waals surface area (Å²) in [7, 11) is 0. The molecule has 0 bridgehead atoms. The molecule has 0 aliphatic rings. The van der Waals surface area contributed by atoms with E-state index >= 15 is 0 Å². The minimum absolute atomic E-state index is 0.0136. The second-order valence-corrected chi connectivity index (χ2v) is 7.06. The number of rotatable bonds is 6. The summed E-state index contributed by atoms with van der Waals surface area (Å²) in [5.41, 5.74) is 0.171. The maximum absolute atomic E-state index is 13.6. The van der Waals surface area contributed by atoms with Gasteiger partial charge in [0.05, 0.1) is 35.6 Å². The standard InChI is InChI=1S/C19H14ClFN4O3S/c20-14-5-1-2-6-16(14)29-12-18(26)25(11-17-23-24-19(27)28-17)9-3-4-13-7-8-22-10-15(13)21/h1-2,5-8,10H,9,11-12H2,(H,24,27). The monoisotopic (exact) mass is 432 g/mol. The normalized spacial score (nSPS) is 10.3. The van der Waals surface area contributed by atoms with Crippen molar-refractivity contribution in [3.63, 3.8) is 0 Å². The summed E-state index contributed by atoms with van der Waals surface area (Å²) in [6.45, 7) is -0.0750. The molecule has 10 heteroatoms. The Balaban J connectivity index is 1.72. The van der Waals surface area contributed by atoms with Gasteiger partial charge in [0.15, 0.2) is 5.82 Å². The molecule has 0 radical (unpaired) electrons. The molecule has 1 N–H and O–H groups in total. The lowest BCUT2D eigenvalue weighted by molar-refractivity contribution is -0.128. The fourth-order valence-electron chi connectivity index (χ4n) is 2.22. The van der Waals surface area contributed by atoms with Gasteiger partial charge in [0.2, 0.25) is 11.8 Å². The number of benzene rings is 1. The smallest absolute Gasteiger partial charge is 0.391 e. The van der Waals surface area contributed by atoms with Gasteiger partial charge in [-0.05, 0) is 18.2 Å². The minimum atomic E-state index is -0.720. The summed E-state index contributed by atoms with van der Waals surface area (Å²) in [6, 6.07) is 8.61. The van der Waals surface area contributed by atoms with Gasteiger partial charge in [-0.2, -0.15) is 0 Å². The molecule has 2 aromatic heterocycles. The number of amides is 1. The Labute approximate surface area is 174 Å². The summed E-state index contributed by atoms with van der Waals surface area (Å²) in [5, 5.41) is 6.40. The largest absolute Gasteiger partial charge is 0.434 e. The molecular weight excluding hydrogens is 419 g/mol. The average molecular weight is 433 g/mol. The van der Waals surface area contributed by atoms with Crippen molar-refractivity contribution in [2.75, 3.05) is 12.3 Å². The lowest BCUT2D eigenvalue weighted by Gasteiger charge is -2.18. The Morgan fingerprint density at radius 2 is 2.17 bits per heavy atom. The molecule has 0 spiro atoms. The van der Waals surface area contributed by atoms with E-state index in [4.69, 9.17) is 16.0 Å². The highest BCUT2D eigenvalue weighted by Crippen LogP contribution is 2.26. The first-order valence-electron chi connectivity index (χ1n) is 8.31. The van der Waals surface area contributed by atoms with Gasteiger partial charge in [0.1, 0.15) is 0 Å². The van der Waals surface area contributed by atoms with Crippen LogP contribution in [0.3, 0.4) is 0 Å². The van der Waals surface area contributed by atoms with Crippen LogP contribution >= 0.6 is 23.4 Å². The Morgan fingerprint density at radius 3 is 2.90 bits per heavy atom. The number of hydrogen-bond acceptors (Lipinski definition) is 6. The molecule has 0 saturated carbocycles. The molecule has 7 nitrogen and oxygen atoms in total. The van der Waals surface area contributed by atoms with E-state index < -0.39 is 11.6 Å². The van der Waals surface area contributed by atoms with Crippen LogP contribution in [-0.2, 0) is 11.3 Å². The van der Waals surface area contributed by atoms with E-state index in [1.165, 1.54) is 28.9 Å². The van der Waals surface area contributed by atoms with Crippen molar-refractivity contribution in [3.8, 4) is 11.8 Å². The maximum atomic E-state index is 13.6. The van der Waals surface area contributed by atoms with Crippen molar-refractivity contribution in [3.05, 3.63) is 75.6 Å². The molecule has 0 atom stereocenters. The van der Waals surface area contributed by atoms with E-state index in [2.05, 4.69) is 27.0 Å². The lowest BCUT2D eigenvalue weighted by atomic mass is 10.2. The van der Waals surface area contributed by atoms with E-state index in [9.17, 15) is 14.0 Å². The summed E-state index contributed by atoms with van der Waals surface area (Å²) >= 11 is 7.38. The van der Waals surface area contributed by atoms with Gasteiger partial charge >= 0.3 is 5.76 Å². The Kier molecular flexibility index (Phi) is 7.05. The lowest BCUT2D eigenvalue weighted by Crippen LogP contribution is -2.32. The molecule has 1 amide bonds. The van der Waals surface area contributed by atoms with E-state index in [0.29, 0.717) is 5.02 Å². The Morgan fingerprint density at radius 1 is 1.34 bits per heavy atom. The first kappa shape index (κ1) is 20.6. The quantitative estimate of drug-likeness (QED) is 0.475. The van der Waals surface area contributed by atoms with Crippen LogP contribution in [0.25, 0.3) is 0 Å². The second-order valence-electron chi connectivity index (χ2n) is 5.63. The van der Waals surface area contributed by atoms with Gasteiger partial charge in [-0.15, -0.1) is 16.9 Å². The van der Waals surface area contributed by atoms with Crippen LogP contribution in [-0.4, -0.2) is 38.3 Å². The number of hydrogen-bond donors (Lipinski definition) is 1. The zero-order valence-corrected chi connectivity index (χ0v) is 16.5. The predicted molar refractivity (Wildman–Crippen MR) is 106 cm³/mol. The number of nitrogens with one attached hydrogen (secondary N) is 1. The van der Waals surface area contributed by atoms with Crippen LogP contribution < -0.4 is 5.76 Å². The van der Waals surface area contributed by atoms with Gasteiger partial charge in [-0.25, -0.2) is 14.3 Å². The molecule has 0 aliphatic carbocycles. The van der Waals surface area contributed by atoms with Gasteiger partial charge in [-0.1, -0.05) is 35.6 Å². The SMILES string of the molecule is O=C(CSc1ccccc1Cl)N(CC#Cc1ccncc1F)Cc1n[nH]c(=O)o1. The summed E-state index contributed by atoms with van der Waals surface area (Å²) in [4.78, 5) is 29.6. The third-order valence-corrected chi connectivity index (χ3v) is 5.11. The number of thioether (sulfide) groups is 1. The van der Waals surface area contributed by atoms with Gasteiger partial charge in [0.25, 0.3) is 0 Å². The van der Waals surface area contributed by atoms with Gasteiger partial charge < -0.3 is 9.32 Å². The van der Waals surface area contributed by atoms with Crippen LogP contribution in [0.2, 0.25) is 5.02 Å². The third kappa shape index (κ3) is 5.94. The zero-order chi connectivity index (χ0) is 20.6. The first-order valence-corrected chi connectivity index (χ1v) is 9.67. The summed E-state index contributed by atoms with van der Waals surface area (Å²) < 4.78 is 18.5. The predicted octanol–water partition coefficient (Wildman–Crippen LogP) is 2.72. The highest BCUT2D eigenvalue weighted by molar-refractivity contribution is 8.00. The van der Waals surface area contributed by atoms with E-state index in [1.54, 1.807) is 12.1 Å². The molecular formula is C19H14ClFN4O3S. The number of nitrogens with zero attached hydrogens (tertiary/aromatic N) is 3. The van der Waals surface area contributed by atoms with Gasteiger partial charge in [0, 0.05) is 11.1 Å². The number of carbonyl (C=O) groups excluding carboxylic acids is 1. The molecule has 0 aliphatic heterocycles. The Bertz CT molecular complexity index is 1120. The highest BCUT2D eigenvalue weighted by atomic mass is 35.5. The van der Waals surface area contributed by atoms with E-state index in [-0.39, 0.29) is 36.2 Å². The average Bonchev–Trinajstić information content (AvgIpc) is 3.12. The highest BCUT2D eigenvalue weighted by Gasteiger charge is 2.17. The molecule has 148 valence electrons. The number of H-pyrrole nitrogens is 1. The van der Waals surface area contributed by atoms with Crippen molar-refractivity contribution >= 4 is 29.3 Å². The molecule has 0 fully saturated rings. The van der Waals surface area contributed by atoms with Crippen LogP contribution in [0, 0.1) is 17.7 Å². The summed E-state index contributed by atoms with van der Waals surface area (Å²) in [6.07, 6.45) is 2.49. The van der Waals surface area contributed by atoms with E-state index in [1.807, 2.05) is 12.1 Å². The fraction of sp³-hybridized carbons (Fsp3) is 0.158. The minimum Gasteiger partial charge on any atom is -0.391 e.